The average Bonchev–Trinajstić information content (AvgIpc) is 2.46. The van der Waals surface area contributed by atoms with Crippen LogP contribution in [0.15, 0.2) is 23.0 Å². The van der Waals surface area contributed by atoms with Crippen molar-refractivity contribution in [3.63, 3.8) is 0 Å². The predicted octanol–water partition coefficient (Wildman–Crippen LogP) is 1.20. The van der Waals surface area contributed by atoms with E-state index in [1.165, 1.54) is 0 Å². The van der Waals surface area contributed by atoms with Crippen LogP contribution in [0.3, 0.4) is 0 Å². The summed E-state index contributed by atoms with van der Waals surface area (Å²) in [6, 6.07) is 5.01. The Kier molecular flexibility index (Phi) is 4.97. The summed E-state index contributed by atoms with van der Waals surface area (Å²) in [4.78, 5) is 26.4. The van der Waals surface area contributed by atoms with Gasteiger partial charge in [0.1, 0.15) is 0 Å². The largest absolute Gasteiger partial charge is 0.340 e. The molecule has 1 amide bonds. The van der Waals surface area contributed by atoms with Gasteiger partial charge in [-0.05, 0) is 24.3 Å². The maximum atomic E-state index is 12.5. The quantitative estimate of drug-likeness (QED) is 0.888. The van der Waals surface area contributed by atoms with Gasteiger partial charge < -0.3 is 15.2 Å². The summed E-state index contributed by atoms with van der Waals surface area (Å²) in [6.07, 6.45) is 1.06. The van der Waals surface area contributed by atoms with Crippen molar-refractivity contribution in [2.24, 2.45) is 17.6 Å². The Morgan fingerprint density at radius 1 is 1.27 bits per heavy atom. The van der Waals surface area contributed by atoms with Crippen LogP contribution in [-0.4, -0.2) is 34.5 Å². The molecule has 0 aliphatic carbocycles. The number of halogens is 1. The molecule has 2 aliphatic rings. The predicted molar refractivity (Wildman–Crippen MR) is 88.2 cm³/mol. The molecule has 5 nitrogen and oxygen atoms in total. The van der Waals surface area contributed by atoms with Crippen molar-refractivity contribution in [1.29, 1.82) is 0 Å². The first-order chi connectivity index (χ1) is 9.97. The first-order valence-electron chi connectivity index (χ1n) is 7.71. The molecule has 0 spiro atoms. The molecular weight excluding hydrogens is 302 g/mol. The fourth-order valence-electron chi connectivity index (χ4n) is 3.57. The van der Waals surface area contributed by atoms with Crippen molar-refractivity contribution in [2.75, 3.05) is 13.1 Å². The van der Waals surface area contributed by atoms with Crippen molar-refractivity contribution in [3.05, 3.63) is 34.2 Å². The number of carbonyl (C=O) groups is 1. The number of rotatable bonds is 2. The van der Waals surface area contributed by atoms with Gasteiger partial charge in [-0.2, -0.15) is 0 Å². The molecule has 0 unspecified atom stereocenters. The summed E-state index contributed by atoms with van der Waals surface area (Å²) in [5.41, 5.74) is 7.15. The molecular formula is C16H24ClN3O2. The molecule has 3 atom stereocenters. The highest BCUT2D eigenvalue weighted by Gasteiger charge is 2.37. The number of hydrogen-bond acceptors (Lipinski definition) is 3. The Labute approximate surface area is 136 Å². The first-order valence-corrected chi connectivity index (χ1v) is 7.71. The lowest BCUT2D eigenvalue weighted by molar-refractivity contribution is -0.136. The summed E-state index contributed by atoms with van der Waals surface area (Å²) < 4.78 is 1.88. The van der Waals surface area contributed by atoms with E-state index < -0.39 is 6.04 Å². The van der Waals surface area contributed by atoms with E-state index in [0.717, 1.165) is 18.7 Å². The van der Waals surface area contributed by atoms with Crippen LogP contribution in [0.5, 0.6) is 0 Å². The van der Waals surface area contributed by atoms with Crippen molar-refractivity contribution >= 4 is 18.3 Å². The smallest absolute Gasteiger partial charge is 0.250 e. The topological polar surface area (TPSA) is 68.3 Å². The monoisotopic (exact) mass is 325 g/mol. The lowest BCUT2D eigenvalue weighted by Crippen LogP contribution is -2.54. The van der Waals surface area contributed by atoms with Crippen molar-refractivity contribution in [2.45, 2.75) is 38.8 Å². The minimum absolute atomic E-state index is 0. The van der Waals surface area contributed by atoms with Gasteiger partial charge in [-0.15, -0.1) is 12.4 Å². The van der Waals surface area contributed by atoms with Crippen molar-refractivity contribution < 1.29 is 4.79 Å². The molecule has 3 heterocycles. The third kappa shape index (κ3) is 2.92. The summed E-state index contributed by atoms with van der Waals surface area (Å²) in [6.45, 7) is 6.06. The van der Waals surface area contributed by atoms with E-state index in [1.807, 2.05) is 35.4 Å². The van der Waals surface area contributed by atoms with Crippen LogP contribution >= 0.6 is 12.4 Å². The van der Waals surface area contributed by atoms with Crippen LogP contribution < -0.4 is 11.3 Å². The van der Waals surface area contributed by atoms with Gasteiger partial charge in [0, 0.05) is 37.3 Å². The Hall–Kier alpha value is -1.33. The molecule has 22 heavy (non-hydrogen) atoms. The van der Waals surface area contributed by atoms with E-state index in [4.69, 9.17) is 5.73 Å². The molecule has 122 valence electrons. The van der Waals surface area contributed by atoms with Gasteiger partial charge >= 0.3 is 0 Å². The Balaban J connectivity index is 0.00000176. The number of amides is 1. The minimum Gasteiger partial charge on any atom is -0.340 e. The number of aromatic nitrogens is 1. The van der Waals surface area contributed by atoms with Crippen LogP contribution in [0.4, 0.5) is 0 Å². The number of carbonyl (C=O) groups excluding carboxylic acids is 1. The zero-order valence-corrected chi connectivity index (χ0v) is 13.9. The fraction of sp³-hybridized carbons (Fsp3) is 0.625. The molecule has 0 radical (unpaired) electrons. The zero-order valence-electron chi connectivity index (χ0n) is 13.1. The maximum Gasteiger partial charge on any atom is 0.250 e. The highest BCUT2D eigenvalue weighted by molar-refractivity contribution is 5.85. The highest BCUT2D eigenvalue weighted by atomic mass is 35.5. The van der Waals surface area contributed by atoms with E-state index in [1.54, 1.807) is 6.07 Å². The number of hydrogen-bond donors (Lipinski definition) is 1. The molecule has 6 heteroatoms. The number of pyridine rings is 1. The number of fused-ring (bicyclic) bond motifs is 4. The Bertz CT molecular complexity index is 614. The molecule has 1 aromatic rings. The molecule has 0 saturated carbocycles. The standard InChI is InChI=1S/C16H23N3O2.ClH/c1-10(2)15(17)16(21)18-7-11-6-12(9-18)13-4-3-5-14(20)19(13)8-11;/h3-5,10-12,15H,6-9,17H2,1-2H3;1H/t11-,12+,15+;/m0./s1. The molecule has 2 aliphatic heterocycles. The van der Waals surface area contributed by atoms with Crippen LogP contribution in [0.2, 0.25) is 0 Å². The lowest BCUT2D eigenvalue weighted by atomic mass is 9.82. The molecule has 2 bridgehead atoms. The van der Waals surface area contributed by atoms with E-state index in [-0.39, 0.29) is 35.7 Å². The van der Waals surface area contributed by atoms with Gasteiger partial charge in [0.2, 0.25) is 5.91 Å². The van der Waals surface area contributed by atoms with Gasteiger partial charge in [-0.25, -0.2) is 0 Å². The number of nitrogens with zero attached hydrogens (tertiary/aromatic N) is 2. The van der Waals surface area contributed by atoms with E-state index >= 15 is 0 Å². The third-order valence-electron chi connectivity index (χ3n) is 4.79. The van der Waals surface area contributed by atoms with Gasteiger partial charge in [-0.1, -0.05) is 19.9 Å². The van der Waals surface area contributed by atoms with Gasteiger partial charge in [0.25, 0.3) is 5.56 Å². The average molecular weight is 326 g/mol. The van der Waals surface area contributed by atoms with Crippen LogP contribution in [0, 0.1) is 11.8 Å². The van der Waals surface area contributed by atoms with Crippen LogP contribution in [0.25, 0.3) is 0 Å². The molecule has 1 fully saturated rings. The van der Waals surface area contributed by atoms with E-state index in [0.29, 0.717) is 19.0 Å². The number of piperidine rings is 1. The highest BCUT2D eigenvalue weighted by Crippen LogP contribution is 2.35. The summed E-state index contributed by atoms with van der Waals surface area (Å²) in [5, 5.41) is 0. The van der Waals surface area contributed by atoms with Crippen LogP contribution in [-0.2, 0) is 11.3 Å². The molecule has 1 saturated heterocycles. The normalized spacial score (nSPS) is 24.5. The maximum absolute atomic E-state index is 12.5. The van der Waals surface area contributed by atoms with Crippen LogP contribution in [0.1, 0.15) is 31.9 Å². The van der Waals surface area contributed by atoms with Gasteiger partial charge in [0.15, 0.2) is 0 Å². The van der Waals surface area contributed by atoms with Crippen molar-refractivity contribution in [3.8, 4) is 0 Å². The molecule has 3 rings (SSSR count). The Morgan fingerprint density at radius 3 is 2.68 bits per heavy atom. The molecule has 2 N–H and O–H groups in total. The SMILES string of the molecule is CC(C)[C@@H](N)C(=O)N1C[C@@H]2C[C@H](C1)c1cccc(=O)n1C2.Cl. The second kappa shape index (κ2) is 6.42. The Morgan fingerprint density at radius 2 is 2.00 bits per heavy atom. The van der Waals surface area contributed by atoms with Gasteiger partial charge in [-0.3, -0.25) is 9.59 Å². The summed E-state index contributed by atoms with van der Waals surface area (Å²) in [5.74, 6) is 0.815. The van der Waals surface area contributed by atoms with E-state index in [9.17, 15) is 9.59 Å². The molecule has 0 aromatic carbocycles. The van der Waals surface area contributed by atoms with Crippen molar-refractivity contribution in [1.82, 2.24) is 9.47 Å². The van der Waals surface area contributed by atoms with Gasteiger partial charge in [0.05, 0.1) is 6.04 Å². The fourth-order valence-corrected chi connectivity index (χ4v) is 3.57. The first kappa shape index (κ1) is 17.0. The number of nitrogens with two attached hydrogens (primary N) is 1. The van der Waals surface area contributed by atoms with E-state index in [2.05, 4.69) is 0 Å². The minimum atomic E-state index is -0.429. The lowest BCUT2D eigenvalue weighted by Gasteiger charge is -2.43. The second-order valence-electron chi connectivity index (χ2n) is 6.71. The summed E-state index contributed by atoms with van der Waals surface area (Å²) in [7, 11) is 0. The number of likely N-dealkylation sites (tertiary alicyclic amines) is 1. The second-order valence-corrected chi connectivity index (χ2v) is 6.71. The summed E-state index contributed by atoms with van der Waals surface area (Å²) >= 11 is 0. The molecule has 1 aromatic heterocycles. The zero-order chi connectivity index (χ0) is 15.1. The third-order valence-corrected chi connectivity index (χ3v) is 4.79.